The average molecular weight is 423 g/mol. The molecule has 2 amide bonds. The molecule has 31 heavy (non-hydrogen) atoms. The van der Waals surface area contributed by atoms with E-state index >= 15 is 0 Å². The van der Waals surface area contributed by atoms with Crippen LogP contribution in [0.1, 0.15) is 66.9 Å². The minimum absolute atomic E-state index is 0.0344. The molecular weight excluding hydrogens is 391 g/mol. The van der Waals surface area contributed by atoms with Crippen LogP contribution in [0, 0.1) is 11.7 Å². The van der Waals surface area contributed by atoms with Crippen LogP contribution in [0.25, 0.3) is 0 Å². The zero-order chi connectivity index (χ0) is 22.0. The molecule has 1 aliphatic carbocycles. The van der Waals surface area contributed by atoms with Gasteiger partial charge in [-0.2, -0.15) is 0 Å². The molecule has 1 saturated carbocycles. The zero-order valence-corrected chi connectivity index (χ0v) is 18.4. The van der Waals surface area contributed by atoms with Crippen molar-refractivity contribution in [2.24, 2.45) is 5.92 Å². The summed E-state index contributed by atoms with van der Waals surface area (Å²) < 4.78 is 13.1. The van der Waals surface area contributed by atoms with E-state index in [4.69, 9.17) is 0 Å². The molecule has 4 rings (SSSR count). The summed E-state index contributed by atoms with van der Waals surface area (Å²) >= 11 is 0. The monoisotopic (exact) mass is 422 g/mol. The van der Waals surface area contributed by atoms with Gasteiger partial charge in [0.25, 0.3) is 5.91 Å². The smallest absolute Gasteiger partial charge is 0.253 e. The maximum atomic E-state index is 13.3. The Labute approximate surface area is 184 Å². The summed E-state index contributed by atoms with van der Waals surface area (Å²) in [6.07, 6.45) is 3.53. The molecule has 0 aromatic heterocycles. The second-order valence-corrected chi connectivity index (χ2v) is 9.17. The van der Waals surface area contributed by atoms with Crippen LogP contribution in [-0.2, 0) is 11.3 Å². The lowest BCUT2D eigenvalue weighted by Gasteiger charge is -2.34. The second kappa shape index (κ2) is 9.21. The van der Waals surface area contributed by atoms with Crippen molar-refractivity contribution in [3.8, 4) is 0 Å². The summed E-state index contributed by atoms with van der Waals surface area (Å²) in [6.45, 7) is 6.16. The molecule has 2 aliphatic rings. The first kappa shape index (κ1) is 21.5. The Kier molecular flexibility index (Phi) is 6.40. The van der Waals surface area contributed by atoms with E-state index in [1.807, 2.05) is 0 Å². The van der Waals surface area contributed by atoms with Gasteiger partial charge in [-0.15, -0.1) is 0 Å². The molecule has 0 atom stereocenters. The Morgan fingerprint density at radius 1 is 0.968 bits per heavy atom. The molecule has 0 bridgehead atoms. The molecule has 0 spiro atoms. The maximum absolute atomic E-state index is 13.3. The fraction of sp³-hybridized carbons (Fsp3) is 0.462. The van der Waals surface area contributed by atoms with Crippen molar-refractivity contribution in [1.82, 2.24) is 9.80 Å². The Morgan fingerprint density at radius 2 is 1.58 bits per heavy atom. The number of benzene rings is 2. The minimum atomic E-state index is -0.347. The molecule has 164 valence electrons. The number of carbonyl (C=O) groups is 2. The van der Waals surface area contributed by atoms with Crippen LogP contribution < -0.4 is 0 Å². The molecule has 1 saturated heterocycles. The molecule has 2 fully saturated rings. The van der Waals surface area contributed by atoms with Crippen LogP contribution in [0.15, 0.2) is 48.5 Å². The Morgan fingerprint density at radius 3 is 2.13 bits per heavy atom. The van der Waals surface area contributed by atoms with Gasteiger partial charge < -0.3 is 9.80 Å². The highest BCUT2D eigenvalue weighted by atomic mass is 19.1. The number of halogens is 1. The standard InChI is InChI=1S/C26H31FN2O2/c1-18(2)20-5-3-19(4-6-20)17-29(24-11-12-24)26(31)22-13-15-28(16-14-22)25(30)21-7-9-23(27)10-8-21/h3-10,18,22,24H,11-17H2,1-2H3. The van der Waals surface area contributed by atoms with Gasteiger partial charge in [-0.05, 0) is 67.0 Å². The van der Waals surface area contributed by atoms with E-state index in [-0.39, 0.29) is 23.5 Å². The van der Waals surface area contributed by atoms with E-state index in [9.17, 15) is 14.0 Å². The highest BCUT2D eigenvalue weighted by molar-refractivity contribution is 5.94. The summed E-state index contributed by atoms with van der Waals surface area (Å²) in [7, 11) is 0. The Bertz CT molecular complexity index is 911. The minimum Gasteiger partial charge on any atom is -0.339 e. The topological polar surface area (TPSA) is 40.6 Å². The van der Waals surface area contributed by atoms with Crippen molar-refractivity contribution in [1.29, 1.82) is 0 Å². The molecule has 0 unspecified atom stereocenters. The second-order valence-electron chi connectivity index (χ2n) is 9.17. The number of piperidine rings is 1. The van der Waals surface area contributed by atoms with Gasteiger partial charge in [0.2, 0.25) is 5.91 Å². The van der Waals surface area contributed by atoms with Crippen molar-refractivity contribution in [3.63, 3.8) is 0 Å². The van der Waals surface area contributed by atoms with E-state index < -0.39 is 0 Å². The summed E-state index contributed by atoms with van der Waals surface area (Å²) in [5, 5.41) is 0. The lowest BCUT2D eigenvalue weighted by molar-refractivity contribution is -0.138. The van der Waals surface area contributed by atoms with Gasteiger partial charge in [0, 0.05) is 37.2 Å². The quantitative estimate of drug-likeness (QED) is 0.658. The fourth-order valence-corrected chi connectivity index (χ4v) is 4.32. The van der Waals surface area contributed by atoms with E-state index in [1.165, 1.54) is 35.4 Å². The number of likely N-dealkylation sites (tertiary alicyclic amines) is 1. The van der Waals surface area contributed by atoms with Crippen LogP contribution in [-0.4, -0.2) is 40.7 Å². The first-order chi connectivity index (χ1) is 14.9. The highest BCUT2D eigenvalue weighted by Gasteiger charge is 2.37. The van der Waals surface area contributed by atoms with Gasteiger partial charge in [0.05, 0.1) is 0 Å². The summed E-state index contributed by atoms with van der Waals surface area (Å²) in [6, 6.07) is 14.6. The van der Waals surface area contributed by atoms with Gasteiger partial charge in [0.1, 0.15) is 5.82 Å². The van der Waals surface area contributed by atoms with Crippen LogP contribution in [0.5, 0.6) is 0 Å². The number of rotatable bonds is 6. The molecule has 4 nitrogen and oxygen atoms in total. The van der Waals surface area contributed by atoms with Crippen LogP contribution >= 0.6 is 0 Å². The first-order valence-electron chi connectivity index (χ1n) is 11.4. The van der Waals surface area contributed by atoms with Crippen molar-refractivity contribution < 1.29 is 14.0 Å². The molecule has 1 heterocycles. The van der Waals surface area contributed by atoms with Gasteiger partial charge in [-0.1, -0.05) is 38.1 Å². The van der Waals surface area contributed by atoms with E-state index in [1.54, 1.807) is 4.90 Å². The molecule has 0 N–H and O–H groups in total. The third kappa shape index (κ3) is 5.15. The number of hydrogen-bond donors (Lipinski definition) is 0. The summed E-state index contributed by atoms with van der Waals surface area (Å²) in [5.41, 5.74) is 2.98. The predicted octanol–water partition coefficient (Wildman–Crippen LogP) is 4.99. The maximum Gasteiger partial charge on any atom is 0.253 e. The summed E-state index contributed by atoms with van der Waals surface area (Å²) in [4.78, 5) is 29.8. The third-order valence-corrected chi connectivity index (χ3v) is 6.49. The van der Waals surface area contributed by atoms with Crippen LogP contribution in [0.3, 0.4) is 0 Å². The van der Waals surface area contributed by atoms with Crippen molar-refractivity contribution in [2.75, 3.05) is 13.1 Å². The normalized spacial score (nSPS) is 17.1. The molecule has 2 aromatic rings. The number of carbonyl (C=O) groups excluding carboxylic acids is 2. The largest absolute Gasteiger partial charge is 0.339 e. The SMILES string of the molecule is CC(C)c1ccc(CN(C(=O)C2CCN(C(=O)c3ccc(F)cc3)CC2)C2CC2)cc1. The molecule has 5 heteroatoms. The van der Waals surface area contributed by atoms with Crippen molar-refractivity contribution in [3.05, 3.63) is 71.0 Å². The lowest BCUT2D eigenvalue weighted by Crippen LogP contribution is -2.44. The lowest BCUT2D eigenvalue weighted by atomic mass is 9.94. The van der Waals surface area contributed by atoms with E-state index in [2.05, 4.69) is 43.0 Å². The van der Waals surface area contributed by atoms with E-state index in [0.717, 1.165) is 12.8 Å². The Hall–Kier alpha value is -2.69. The Balaban J connectivity index is 1.36. The average Bonchev–Trinajstić information content (AvgIpc) is 3.63. The fourth-order valence-electron chi connectivity index (χ4n) is 4.32. The highest BCUT2D eigenvalue weighted by Crippen LogP contribution is 2.32. The summed E-state index contributed by atoms with van der Waals surface area (Å²) in [5.74, 6) is 0.255. The van der Waals surface area contributed by atoms with Gasteiger partial charge in [0.15, 0.2) is 0 Å². The zero-order valence-electron chi connectivity index (χ0n) is 18.4. The van der Waals surface area contributed by atoms with Gasteiger partial charge >= 0.3 is 0 Å². The number of amides is 2. The van der Waals surface area contributed by atoms with Crippen LogP contribution in [0.4, 0.5) is 4.39 Å². The molecule has 1 aliphatic heterocycles. The number of nitrogens with zero attached hydrogens (tertiary/aromatic N) is 2. The molecule has 2 aromatic carbocycles. The predicted molar refractivity (Wildman–Crippen MR) is 119 cm³/mol. The molecule has 0 radical (unpaired) electrons. The molecular formula is C26H31FN2O2. The first-order valence-corrected chi connectivity index (χ1v) is 11.4. The van der Waals surface area contributed by atoms with Crippen molar-refractivity contribution in [2.45, 2.75) is 58.0 Å². The number of hydrogen-bond acceptors (Lipinski definition) is 2. The van der Waals surface area contributed by atoms with Crippen LogP contribution in [0.2, 0.25) is 0 Å². The van der Waals surface area contributed by atoms with Gasteiger partial charge in [-0.3, -0.25) is 9.59 Å². The van der Waals surface area contributed by atoms with Crippen molar-refractivity contribution >= 4 is 11.8 Å². The van der Waals surface area contributed by atoms with Gasteiger partial charge in [-0.25, -0.2) is 4.39 Å². The third-order valence-electron chi connectivity index (χ3n) is 6.49. The van der Waals surface area contributed by atoms with E-state index in [0.29, 0.717) is 50.0 Å².